The first-order chi connectivity index (χ1) is 14.5. The van der Waals surface area contributed by atoms with Crippen LogP contribution in [0.3, 0.4) is 0 Å². The highest BCUT2D eigenvalue weighted by atomic mass is 32.1. The number of thiazole rings is 1. The van der Waals surface area contributed by atoms with Crippen molar-refractivity contribution in [2.24, 2.45) is 0 Å². The SMILES string of the molecule is CCOC(=O)/C=C/c1ccc(NC(=O)CN2CCN(Cc3csc(C)n3)CC2)cc1. The van der Waals surface area contributed by atoms with E-state index >= 15 is 0 Å². The Hall–Kier alpha value is -2.55. The molecule has 0 radical (unpaired) electrons. The van der Waals surface area contributed by atoms with Gasteiger partial charge >= 0.3 is 5.97 Å². The molecule has 1 aromatic carbocycles. The average Bonchev–Trinajstić information content (AvgIpc) is 3.14. The first kappa shape index (κ1) is 22.1. The molecule has 0 saturated carbocycles. The molecule has 30 heavy (non-hydrogen) atoms. The lowest BCUT2D eigenvalue weighted by Crippen LogP contribution is -2.48. The van der Waals surface area contributed by atoms with Gasteiger partial charge in [0, 0.05) is 49.9 Å². The number of amides is 1. The van der Waals surface area contributed by atoms with Crippen LogP contribution in [0.15, 0.2) is 35.7 Å². The second-order valence-electron chi connectivity index (χ2n) is 7.17. The first-order valence-corrected chi connectivity index (χ1v) is 11.0. The number of aromatic nitrogens is 1. The van der Waals surface area contributed by atoms with E-state index < -0.39 is 0 Å². The summed E-state index contributed by atoms with van der Waals surface area (Å²) in [5.41, 5.74) is 2.74. The van der Waals surface area contributed by atoms with Gasteiger partial charge in [0.15, 0.2) is 0 Å². The van der Waals surface area contributed by atoms with Crippen LogP contribution in [0.5, 0.6) is 0 Å². The second-order valence-corrected chi connectivity index (χ2v) is 8.23. The van der Waals surface area contributed by atoms with Gasteiger partial charge in [-0.05, 0) is 37.6 Å². The number of ether oxygens (including phenoxy) is 1. The number of hydrogen-bond acceptors (Lipinski definition) is 7. The van der Waals surface area contributed by atoms with Gasteiger partial charge in [-0.2, -0.15) is 0 Å². The lowest BCUT2D eigenvalue weighted by Gasteiger charge is -2.33. The number of carbonyl (C=O) groups excluding carboxylic acids is 2. The Morgan fingerprint density at radius 2 is 1.87 bits per heavy atom. The molecule has 3 rings (SSSR count). The van der Waals surface area contributed by atoms with Crippen molar-refractivity contribution < 1.29 is 14.3 Å². The predicted molar refractivity (Wildman–Crippen MR) is 119 cm³/mol. The zero-order valence-electron chi connectivity index (χ0n) is 17.5. The molecule has 1 fully saturated rings. The Balaban J connectivity index is 1.40. The third-order valence-corrected chi connectivity index (χ3v) is 5.60. The number of esters is 1. The van der Waals surface area contributed by atoms with Gasteiger partial charge in [0.1, 0.15) is 0 Å². The Morgan fingerprint density at radius 3 is 2.50 bits per heavy atom. The average molecular weight is 429 g/mol. The number of anilines is 1. The summed E-state index contributed by atoms with van der Waals surface area (Å²) in [7, 11) is 0. The van der Waals surface area contributed by atoms with E-state index in [1.807, 2.05) is 31.2 Å². The van der Waals surface area contributed by atoms with Crippen LogP contribution in [0.25, 0.3) is 6.08 Å². The van der Waals surface area contributed by atoms with Gasteiger partial charge in [-0.15, -0.1) is 11.3 Å². The molecule has 1 aromatic heterocycles. The highest BCUT2D eigenvalue weighted by molar-refractivity contribution is 7.09. The molecule has 0 unspecified atom stereocenters. The minimum atomic E-state index is -0.364. The van der Waals surface area contributed by atoms with Crippen molar-refractivity contribution >= 4 is 35.0 Å². The predicted octanol–water partition coefficient (Wildman–Crippen LogP) is 2.78. The molecule has 8 heteroatoms. The fourth-order valence-electron chi connectivity index (χ4n) is 3.25. The number of rotatable bonds is 8. The maximum atomic E-state index is 12.4. The summed E-state index contributed by atoms with van der Waals surface area (Å²) in [4.78, 5) is 32.8. The van der Waals surface area contributed by atoms with E-state index in [1.54, 1.807) is 24.3 Å². The van der Waals surface area contributed by atoms with E-state index in [1.165, 1.54) is 6.08 Å². The molecule has 2 heterocycles. The van der Waals surface area contributed by atoms with Crippen LogP contribution in [-0.4, -0.2) is 66.0 Å². The van der Waals surface area contributed by atoms with Gasteiger partial charge in [0.2, 0.25) is 5.91 Å². The van der Waals surface area contributed by atoms with Crippen molar-refractivity contribution in [3.05, 3.63) is 52.0 Å². The van der Waals surface area contributed by atoms with E-state index in [2.05, 4.69) is 25.5 Å². The maximum absolute atomic E-state index is 12.4. The zero-order chi connectivity index (χ0) is 21.3. The topological polar surface area (TPSA) is 74.8 Å². The molecule has 1 aliphatic heterocycles. The number of nitrogens with one attached hydrogen (secondary N) is 1. The van der Waals surface area contributed by atoms with Crippen LogP contribution in [0, 0.1) is 6.92 Å². The molecular formula is C22H28N4O3S. The summed E-state index contributed by atoms with van der Waals surface area (Å²) in [5, 5.41) is 6.16. The van der Waals surface area contributed by atoms with Gasteiger partial charge < -0.3 is 10.1 Å². The highest BCUT2D eigenvalue weighted by Gasteiger charge is 2.19. The number of aryl methyl sites for hydroxylation is 1. The lowest BCUT2D eigenvalue weighted by atomic mass is 10.2. The van der Waals surface area contributed by atoms with Crippen molar-refractivity contribution in [3.8, 4) is 0 Å². The Labute approximate surface area is 181 Å². The minimum absolute atomic E-state index is 0.0200. The van der Waals surface area contributed by atoms with Crippen LogP contribution in [0.1, 0.15) is 23.2 Å². The molecule has 1 N–H and O–H groups in total. The Bertz CT molecular complexity index is 871. The number of hydrogen-bond donors (Lipinski definition) is 1. The Morgan fingerprint density at radius 1 is 1.17 bits per heavy atom. The van der Waals surface area contributed by atoms with Crippen LogP contribution in [-0.2, 0) is 20.9 Å². The van der Waals surface area contributed by atoms with Gasteiger partial charge in [-0.25, -0.2) is 9.78 Å². The Kier molecular flexibility index (Phi) is 8.12. The summed E-state index contributed by atoms with van der Waals surface area (Å²) in [5.74, 6) is -0.384. The summed E-state index contributed by atoms with van der Waals surface area (Å²) in [6, 6.07) is 7.36. The molecule has 0 aliphatic carbocycles. The normalized spacial score (nSPS) is 15.4. The fourth-order valence-corrected chi connectivity index (χ4v) is 3.86. The molecule has 1 amide bonds. The minimum Gasteiger partial charge on any atom is -0.463 e. The van der Waals surface area contributed by atoms with Gasteiger partial charge in [0.05, 0.1) is 23.9 Å². The van der Waals surface area contributed by atoms with Crippen molar-refractivity contribution in [1.82, 2.24) is 14.8 Å². The van der Waals surface area contributed by atoms with Crippen LogP contribution < -0.4 is 5.32 Å². The number of piperazine rings is 1. The quantitative estimate of drug-likeness (QED) is 0.515. The van der Waals surface area contributed by atoms with Gasteiger partial charge in [-0.3, -0.25) is 14.6 Å². The molecule has 0 spiro atoms. The standard InChI is InChI=1S/C22H28N4O3S/c1-3-29-22(28)9-6-18-4-7-19(8-5-18)24-21(27)15-26-12-10-25(11-13-26)14-20-16-30-17(2)23-20/h4-9,16H,3,10-15H2,1-2H3,(H,24,27)/b9-6+. The molecule has 1 saturated heterocycles. The smallest absolute Gasteiger partial charge is 0.330 e. The number of carbonyl (C=O) groups is 2. The largest absolute Gasteiger partial charge is 0.463 e. The van der Waals surface area contributed by atoms with E-state index in [0.717, 1.165) is 54.7 Å². The monoisotopic (exact) mass is 428 g/mol. The molecule has 1 aliphatic rings. The van der Waals surface area contributed by atoms with Crippen LogP contribution >= 0.6 is 11.3 Å². The van der Waals surface area contributed by atoms with Gasteiger partial charge in [-0.1, -0.05) is 12.1 Å². The van der Waals surface area contributed by atoms with Crippen molar-refractivity contribution in [2.45, 2.75) is 20.4 Å². The number of nitrogens with zero attached hydrogens (tertiary/aromatic N) is 3. The van der Waals surface area contributed by atoms with Crippen LogP contribution in [0.2, 0.25) is 0 Å². The summed E-state index contributed by atoms with van der Waals surface area (Å²) in [6.45, 7) is 9.02. The maximum Gasteiger partial charge on any atom is 0.330 e. The van der Waals surface area contributed by atoms with Crippen molar-refractivity contribution in [3.63, 3.8) is 0 Å². The molecular weight excluding hydrogens is 400 g/mol. The van der Waals surface area contributed by atoms with Crippen LogP contribution in [0.4, 0.5) is 5.69 Å². The zero-order valence-corrected chi connectivity index (χ0v) is 18.3. The van der Waals surface area contributed by atoms with Crippen molar-refractivity contribution in [1.29, 1.82) is 0 Å². The van der Waals surface area contributed by atoms with Crippen molar-refractivity contribution in [2.75, 3.05) is 44.6 Å². The molecule has 160 valence electrons. The molecule has 2 aromatic rings. The van der Waals surface area contributed by atoms with E-state index in [0.29, 0.717) is 13.2 Å². The molecule has 0 atom stereocenters. The summed E-state index contributed by atoms with van der Waals surface area (Å²) < 4.78 is 4.86. The van der Waals surface area contributed by atoms with E-state index in [9.17, 15) is 9.59 Å². The first-order valence-electron chi connectivity index (χ1n) is 10.1. The van der Waals surface area contributed by atoms with Gasteiger partial charge in [0.25, 0.3) is 0 Å². The molecule has 0 bridgehead atoms. The molecule has 7 nitrogen and oxygen atoms in total. The van der Waals surface area contributed by atoms with E-state index in [4.69, 9.17) is 4.74 Å². The summed E-state index contributed by atoms with van der Waals surface area (Å²) >= 11 is 1.68. The highest BCUT2D eigenvalue weighted by Crippen LogP contribution is 2.13. The lowest BCUT2D eigenvalue weighted by molar-refractivity contribution is -0.137. The summed E-state index contributed by atoms with van der Waals surface area (Å²) in [6.07, 6.45) is 3.09. The fraction of sp³-hybridized carbons (Fsp3) is 0.409. The van der Waals surface area contributed by atoms with E-state index in [-0.39, 0.29) is 11.9 Å². The second kappa shape index (κ2) is 11.0. The third-order valence-electron chi connectivity index (χ3n) is 4.78. The third kappa shape index (κ3) is 7.05. The number of benzene rings is 1.